The molecule has 0 bridgehead atoms. The maximum atomic E-state index is 9.06. The molecule has 0 heterocycles. The summed E-state index contributed by atoms with van der Waals surface area (Å²) in [6.45, 7) is 2.93. The van der Waals surface area contributed by atoms with E-state index in [4.69, 9.17) is 9.84 Å². The molecule has 0 spiro atoms. The lowest BCUT2D eigenvalue weighted by Gasteiger charge is -2.13. The summed E-state index contributed by atoms with van der Waals surface area (Å²) < 4.78 is 5.55. The lowest BCUT2D eigenvalue weighted by Crippen LogP contribution is -2.15. The number of hydrogen-bond acceptors (Lipinski definition) is 2. The predicted octanol–water partition coefficient (Wildman–Crippen LogP) is 2.47. The highest BCUT2D eigenvalue weighted by atomic mass is 16.5. The average Bonchev–Trinajstić information content (AvgIpc) is 2.25. The molecule has 1 unspecified atom stereocenters. The van der Waals surface area contributed by atoms with Gasteiger partial charge in [-0.25, -0.2) is 0 Å². The van der Waals surface area contributed by atoms with Crippen LogP contribution in [0.25, 0.3) is 0 Å². The zero-order valence-electron chi connectivity index (χ0n) is 8.65. The minimum absolute atomic E-state index is 0.209. The van der Waals surface area contributed by atoms with Gasteiger partial charge in [0.2, 0.25) is 0 Å². The summed E-state index contributed by atoms with van der Waals surface area (Å²) >= 11 is 0. The van der Waals surface area contributed by atoms with Gasteiger partial charge in [-0.15, -0.1) is 0 Å². The zero-order chi connectivity index (χ0) is 10.2. The molecule has 0 saturated carbocycles. The standard InChI is InChI=1S/C12H18O2/c1-2-6-11(9-13)10-14-12-7-4-3-5-8-12/h3-5,7-8,11,13H,2,6,9-10H2,1H3. The predicted molar refractivity (Wildman–Crippen MR) is 57.4 cm³/mol. The Kier molecular flexibility index (Phi) is 5.08. The second-order valence-corrected chi connectivity index (χ2v) is 3.46. The Morgan fingerprint density at radius 3 is 2.57 bits per heavy atom. The fourth-order valence-electron chi connectivity index (χ4n) is 1.37. The molecular weight excluding hydrogens is 176 g/mol. The topological polar surface area (TPSA) is 29.5 Å². The molecule has 1 aromatic rings. The maximum Gasteiger partial charge on any atom is 0.119 e. The van der Waals surface area contributed by atoms with Gasteiger partial charge >= 0.3 is 0 Å². The normalized spacial score (nSPS) is 12.4. The molecule has 2 heteroatoms. The number of hydrogen-bond donors (Lipinski definition) is 1. The maximum absolute atomic E-state index is 9.06. The van der Waals surface area contributed by atoms with E-state index in [9.17, 15) is 0 Å². The molecule has 2 nitrogen and oxygen atoms in total. The highest BCUT2D eigenvalue weighted by molar-refractivity contribution is 5.20. The minimum atomic E-state index is 0.209. The Morgan fingerprint density at radius 1 is 1.29 bits per heavy atom. The first kappa shape index (κ1) is 11.1. The van der Waals surface area contributed by atoms with Crippen LogP contribution in [0.15, 0.2) is 30.3 Å². The number of aliphatic hydroxyl groups is 1. The van der Waals surface area contributed by atoms with Crippen molar-refractivity contribution in [1.29, 1.82) is 0 Å². The van der Waals surface area contributed by atoms with Crippen LogP contribution in [0.5, 0.6) is 5.75 Å². The molecule has 1 N–H and O–H groups in total. The average molecular weight is 194 g/mol. The molecule has 1 rings (SSSR count). The van der Waals surface area contributed by atoms with E-state index in [1.54, 1.807) is 0 Å². The van der Waals surface area contributed by atoms with Gasteiger partial charge in [-0.05, 0) is 18.6 Å². The monoisotopic (exact) mass is 194 g/mol. The summed E-state index contributed by atoms with van der Waals surface area (Å²) in [5.74, 6) is 1.14. The molecule has 0 aliphatic carbocycles. The van der Waals surface area contributed by atoms with E-state index in [2.05, 4.69) is 6.92 Å². The van der Waals surface area contributed by atoms with E-state index in [-0.39, 0.29) is 12.5 Å². The summed E-state index contributed by atoms with van der Waals surface area (Å²) in [4.78, 5) is 0. The Labute approximate surface area is 85.5 Å². The third-order valence-electron chi connectivity index (χ3n) is 2.18. The van der Waals surface area contributed by atoms with Gasteiger partial charge in [0.05, 0.1) is 6.61 Å². The van der Waals surface area contributed by atoms with Gasteiger partial charge in [0.15, 0.2) is 0 Å². The molecule has 0 amide bonds. The molecule has 1 atom stereocenters. The smallest absolute Gasteiger partial charge is 0.119 e. The van der Waals surface area contributed by atoms with Crippen molar-refractivity contribution in [3.05, 3.63) is 30.3 Å². The van der Waals surface area contributed by atoms with Gasteiger partial charge in [0.1, 0.15) is 5.75 Å². The van der Waals surface area contributed by atoms with Crippen molar-refractivity contribution in [2.45, 2.75) is 19.8 Å². The SMILES string of the molecule is CCCC(CO)COc1ccccc1. The third-order valence-corrected chi connectivity index (χ3v) is 2.18. The Balaban J connectivity index is 2.32. The fraction of sp³-hybridized carbons (Fsp3) is 0.500. The molecule has 0 aliphatic rings. The van der Waals surface area contributed by atoms with Gasteiger partial charge in [-0.2, -0.15) is 0 Å². The largest absolute Gasteiger partial charge is 0.493 e. The Morgan fingerprint density at radius 2 is 2.00 bits per heavy atom. The molecule has 0 aliphatic heterocycles. The van der Waals surface area contributed by atoms with Crippen molar-refractivity contribution >= 4 is 0 Å². The van der Waals surface area contributed by atoms with Crippen LogP contribution in [-0.2, 0) is 0 Å². The van der Waals surface area contributed by atoms with E-state index in [1.807, 2.05) is 30.3 Å². The van der Waals surface area contributed by atoms with E-state index < -0.39 is 0 Å². The Hall–Kier alpha value is -1.02. The summed E-state index contributed by atoms with van der Waals surface area (Å²) in [7, 11) is 0. The van der Waals surface area contributed by atoms with E-state index in [0.717, 1.165) is 18.6 Å². The molecule has 0 radical (unpaired) electrons. The summed E-state index contributed by atoms with van der Waals surface area (Å²) in [5.41, 5.74) is 0. The molecule has 78 valence electrons. The van der Waals surface area contributed by atoms with Crippen molar-refractivity contribution < 1.29 is 9.84 Å². The number of para-hydroxylation sites is 1. The van der Waals surface area contributed by atoms with Crippen molar-refractivity contribution in [2.75, 3.05) is 13.2 Å². The van der Waals surface area contributed by atoms with Crippen LogP contribution in [0, 0.1) is 5.92 Å². The van der Waals surface area contributed by atoms with E-state index in [1.165, 1.54) is 0 Å². The van der Waals surface area contributed by atoms with Gasteiger partial charge in [-0.1, -0.05) is 31.5 Å². The first-order valence-corrected chi connectivity index (χ1v) is 5.15. The van der Waals surface area contributed by atoms with Gasteiger partial charge < -0.3 is 9.84 Å². The number of aliphatic hydroxyl groups excluding tert-OH is 1. The first-order valence-electron chi connectivity index (χ1n) is 5.15. The molecule has 14 heavy (non-hydrogen) atoms. The second kappa shape index (κ2) is 6.44. The van der Waals surface area contributed by atoms with Crippen LogP contribution in [0.1, 0.15) is 19.8 Å². The van der Waals surface area contributed by atoms with Gasteiger partial charge in [0, 0.05) is 12.5 Å². The molecule has 0 saturated heterocycles. The van der Waals surface area contributed by atoms with Crippen LogP contribution in [0.2, 0.25) is 0 Å². The fourth-order valence-corrected chi connectivity index (χ4v) is 1.37. The van der Waals surface area contributed by atoms with E-state index >= 15 is 0 Å². The van der Waals surface area contributed by atoms with Crippen LogP contribution in [0.4, 0.5) is 0 Å². The number of ether oxygens (including phenoxy) is 1. The highest BCUT2D eigenvalue weighted by Crippen LogP contribution is 2.12. The Bertz CT molecular complexity index is 233. The number of rotatable bonds is 6. The van der Waals surface area contributed by atoms with Gasteiger partial charge in [-0.3, -0.25) is 0 Å². The highest BCUT2D eigenvalue weighted by Gasteiger charge is 2.06. The molecular formula is C12H18O2. The molecule has 1 aromatic carbocycles. The third kappa shape index (κ3) is 3.79. The quantitative estimate of drug-likeness (QED) is 0.753. The lowest BCUT2D eigenvalue weighted by molar-refractivity contribution is 0.155. The molecule has 0 fully saturated rings. The van der Waals surface area contributed by atoms with Crippen molar-refractivity contribution in [1.82, 2.24) is 0 Å². The van der Waals surface area contributed by atoms with Crippen LogP contribution >= 0.6 is 0 Å². The summed E-state index contributed by atoms with van der Waals surface area (Å²) in [5, 5.41) is 9.06. The summed E-state index contributed by atoms with van der Waals surface area (Å²) in [6.07, 6.45) is 2.10. The van der Waals surface area contributed by atoms with Crippen LogP contribution in [-0.4, -0.2) is 18.3 Å². The lowest BCUT2D eigenvalue weighted by atomic mass is 10.1. The van der Waals surface area contributed by atoms with Crippen LogP contribution < -0.4 is 4.74 Å². The van der Waals surface area contributed by atoms with Crippen molar-refractivity contribution in [3.63, 3.8) is 0 Å². The van der Waals surface area contributed by atoms with Crippen molar-refractivity contribution in [3.8, 4) is 5.75 Å². The second-order valence-electron chi connectivity index (χ2n) is 3.46. The molecule has 0 aromatic heterocycles. The van der Waals surface area contributed by atoms with Crippen LogP contribution in [0.3, 0.4) is 0 Å². The summed E-state index contributed by atoms with van der Waals surface area (Å²) in [6, 6.07) is 9.72. The van der Waals surface area contributed by atoms with E-state index in [0.29, 0.717) is 6.61 Å². The van der Waals surface area contributed by atoms with Gasteiger partial charge in [0.25, 0.3) is 0 Å². The van der Waals surface area contributed by atoms with Crippen molar-refractivity contribution in [2.24, 2.45) is 5.92 Å². The number of benzene rings is 1. The first-order chi connectivity index (χ1) is 6.86. The minimum Gasteiger partial charge on any atom is -0.493 e. The zero-order valence-corrected chi connectivity index (χ0v) is 8.65.